The zero-order valence-electron chi connectivity index (χ0n) is 15.2. The van der Waals surface area contributed by atoms with Gasteiger partial charge in [0, 0.05) is 21.3 Å². The lowest BCUT2D eigenvalue weighted by molar-refractivity contribution is 0.102. The lowest BCUT2D eigenvalue weighted by Gasteiger charge is -2.09. The van der Waals surface area contributed by atoms with E-state index in [0.717, 1.165) is 20.8 Å². The van der Waals surface area contributed by atoms with Gasteiger partial charge < -0.3 is 9.73 Å². The molecule has 140 valence electrons. The summed E-state index contributed by atoms with van der Waals surface area (Å²) in [6.07, 6.45) is 0. The first kappa shape index (κ1) is 17.6. The number of aromatic nitrogens is 1. The molecule has 4 aromatic carbocycles. The van der Waals surface area contributed by atoms with Crippen molar-refractivity contribution in [2.24, 2.45) is 0 Å². The van der Waals surface area contributed by atoms with Gasteiger partial charge in [0.2, 0.25) is 5.89 Å². The van der Waals surface area contributed by atoms with Crippen LogP contribution in [-0.2, 0) is 0 Å². The molecule has 0 fully saturated rings. The Morgan fingerprint density at radius 2 is 1.66 bits per heavy atom. The molecular weight excluding hydrogens is 428 g/mol. The molecule has 1 amide bonds. The van der Waals surface area contributed by atoms with Gasteiger partial charge in [0.05, 0.1) is 0 Å². The van der Waals surface area contributed by atoms with Crippen LogP contribution in [0.15, 0.2) is 93.8 Å². The van der Waals surface area contributed by atoms with E-state index in [4.69, 9.17) is 4.42 Å². The number of rotatable bonds is 3. The van der Waals surface area contributed by atoms with E-state index in [-0.39, 0.29) is 5.91 Å². The topological polar surface area (TPSA) is 55.1 Å². The highest BCUT2D eigenvalue weighted by Gasteiger charge is 2.13. The third-order valence-electron chi connectivity index (χ3n) is 4.78. The number of oxazole rings is 1. The zero-order valence-corrected chi connectivity index (χ0v) is 16.8. The maximum atomic E-state index is 12.9. The van der Waals surface area contributed by atoms with Crippen molar-refractivity contribution in [1.29, 1.82) is 0 Å². The van der Waals surface area contributed by atoms with Gasteiger partial charge >= 0.3 is 0 Å². The summed E-state index contributed by atoms with van der Waals surface area (Å²) in [5.74, 6) is 0.391. The number of hydrogen-bond donors (Lipinski definition) is 1. The first-order chi connectivity index (χ1) is 14.2. The summed E-state index contributed by atoms with van der Waals surface area (Å²) in [5, 5.41) is 4.87. The van der Waals surface area contributed by atoms with Gasteiger partial charge in [-0.3, -0.25) is 4.79 Å². The molecule has 0 spiro atoms. The number of carbonyl (C=O) groups excluding carboxylic acids is 1. The molecule has 0 saturated heterocycles. The summed E-state index contributed by atoms with van der Waals surface area (Å²) in [7, 11) is 0. The van der Waals surface area contributed by atoms with Gasteiger partial charge in [-0.25, -0.2) is 4.98 Å². The van der Waals surface area contributed by atoms with Crippen LogP contribution in [0.3, 0.4) is 0 Å². The van der Waals surface area contributed by atoms with Crippen LogP contribution in [-0.4, -0.2) is 10.9 Å². The second-order valence-electron chi connectivity index (χ2n) is 6.66. The number of carbonyl (C=O) groups is 1. The highest BCUT2D eigenvalue weighted by molar-refractivity contribution is 9.10. The van der Waals surface area contributed by atoms with Crippen molar-refractivity contribution in [3.8, 4) is 11.5 Å². The minimum absolute atomic E-state index is 0.167. The van der Waals surface area contributed by atoms with Crippen LogP contribution in [0.4, 0.5) is 5.69 Å². The molecule has 0 unspecified atom stereocenters. The average Bonchev–Trinajstić information content (AvgIpc) is 3.18. The Morgan fingerprint density at radius 3 is 2.52 bits per heavy atom. The molecule has 0 atom stereocenters. The highest BCUT2D eigenvalue weighted by Crippen LogP contribution is 2.28. The Morgan fingerprint density at radius 1 is 0.862 bits per heavy atom. The van der Waals surface area contributed by atoms with Crippen molar-refractivity contribution < 1.29 is 9.21 Å². The van der Waals surface area contributed by atoms with E-state index >= 15 is 0 Å². The van der Waals surface area contributed by atoms with Crippen LogP contribution in [0.2, 0.25) is 0 Å². The lowest BCUT2D eigenvalue weighted by atomic mass is 10.0. The Labute approximate surface area is 175 Å². The monoisotopic (exact) mass is 442 g/mol. The Kier molecular flexibility index (Phi) is 4.37. The summed E-state index contributed by atoms with van der Waals surface area (Å²) in [6, 6.07) is 26.7. The van der Waals surface area contributed by atoms with Crippen molar-refractivity contribution in [3.05, 3.63) is 95.0 Å². The molecule has 5 rings (SSSR count). The fourth-order valence-electron chi connectivity index (χ4n) is 3.38. The normalized spacial score (nSPS) is 11.1. The first-order valence-electron chi connectivity index (χ1n) is 9.14. The maximum Gasteiger partial charge on any atom is 0.256 e. The van der Waals surface area contributed by atoms with Crippen molar-refractivity contribution in [2.45, 2.75) is 0 Å². The summed E-state index contributed by atoms with van der Waals surface area (Å²) < 4.78 is 6.80. The van der Waals surface area contributed by atoms with Gasteiger partial charge in [0.15, 0.2) is 5.58 Å². The van der Waals surface area contributed by atoms with E-state index in [1.54, 1.807) is 0 Å². The van der Waals surface area contributed by atoms with Crippen LogP contribution < -0.4 is 5.32 Å². The Bertz CT molecular complexity index is 1360. The molecule has 1 N–H and O–H groups in total. The lowest BCUT2D eigenvalue weighted by Crippen LogP contribution is -2.12. The molecule has 0 radical (unpaired) electrons. The Hall–Kier alpha value is -3.44. The molecule has 1 aromatic heterocycles. The minimum Gasteiger partial charge on any atom is -0.436 e. The van der Waals surface area contributed by atoms with Crippen molar-refractivity contribution >= 4 is 49.4 Å². The third kappa shape index (κ3) is 3.30. The standard InChI is InChI=1S/C24H15BrN2O2/c25-20-11-5-8-17-18(20)9-4-10-19(17)23(28)26-16-12-13-22-21(14-16)27-24(29-22)15-6-2-1-3-7-15/h1-14H,(H,26,28). The fraction of sp³-hybridized carbons (Fsp3) is 0. The zero-order chi connectivity index (χ0) is 19.8. The summed E-state index contributed by atoms with van der Waals surface area (Å²) >= 11 is 3.55. The van der Waals surface area contributed by atoms with Gasteiger partial charge in [-0.05, 0) is 53.2 Å². The molecule has 0 bridgehead atoms. The molecule has 0 aliphatic heterocycles. The maximum absolute atomic E-state index is 12.9. The van der Waals surface area contributed by atoms with Crippen molar-refractivity contribution in [2.75, 3.05) is 5.32 Å². The SMILES string of the molecule is O=C(Nc1ccc2oc(-c3ccccc3)nc2c1)c1cccc2c(Br)cccc12. The molecule has 5 aromatic rings. The van der Waals surface area contributed by atoms with E-state index < -0.39 is 0 Å². The molecule has 4 nitrogen and oxygen atoms in total. The van der Waals surface area contributed by atoms with E-state index in [2.05, 4.69) is 26.2 Å². The van der Waals surface area contributed by atoms with Crippen LogP contribution in [0.5, 0.6) is 0 Å². The van der Waals surface area contributed by atoms with E-state index in [0.29, 0.717) is 28.2 Å². The number of halogens is 1. The number of fused-ring (bicyclic) bond motifs is 2. The van der Waals surface area contributed by atoms with Gasteiger partial charge in [-0.1, -0.05) is 58.4 Å². The highest BCUT2D eigenvalue weighted by atomic mass is 79.9. The number of nitrogens with one attached hydrogen (secondary N) is 1. The fourth-order valence-corrected chi connectivity index (χ4v) is 3.88. The van der Waals surface area contributed by atoms with E-state index in [1.807, 2.05) is 84.9 Å². The Balaban J connectivity index is 1.48. The molecule has 1 heterocycles. The molecule has 5 heteroatoms. The number of hydrogen-bond acceptors (Lipinski definition) is 3. The van der Waals surface area contributed by atoms with Gasteiger partial charge in [-0.2, -0.15) is 0 Å². The number of amides is 1. The van der Waals surface area contributed by atoms with E-state index in [9.17, 15) is 4.79 Å². The predicted molar refractivity (Wildman–Crippen MR) is 119 cm³/mol. The van der Waals surface area contributed by atoms with Crippen LogP contribution in [0.25, 0.3) is 33.3 Å². The molecule has 0 aliphatic rings. The molecule has 0 aliphatic carbocycles. The van der Waals surface area contributed by atoms with Crippen LogP contribution in [0.1, 0.15) is 10.4 Å². The quantitative estimate of drug-likeness (QED) is 0.339. The second-order valence-corrected chi connectivity index (χ2v) is 7.52. The van der Waals surface area contributed by atoms with Crippen molar-refractivity contribution in [1.82, 2.24) is 4.98 Å². The minimum atomic E-state index is -0.167. The number of benzene rings is 4. The smallest absolute Gasteiger partial charge is 0.256 e. The van der Waals surface area contributed by atoms with Gasteiger partial charge in [-0.15, -0.1) is 0 Å². The van der Waals surface area contributed by atoms with Gasteiger partial charge in [0.1, 0.15) is 5.52 Å². The average molecular weight is 443 g/mol. The summed E-state index contributed by atoms with van der Waals surface area (Å²) in [6.45, 7) is 0. The molecule has 29 heavy (non-hydrogen) atoms. The second kappa shape index (κ2) is 7.18. The predicted octanol–water partition coefficient (Wildman–Crippen LogP) is 6.66. The third-order valence-corrected chi connectivity index (χ3v) is 5.47. The van der Waals surface area contributed by atoms with Crippen LogP contribution >= 0.6 is 15.9 Å². The van der Waals surface area contributed by atoms with Crippen molar-refractivity contribution in [3.63, 3.8) is 0 Å². The summed E-state index contributed by atoms with van der Waals surface area (Å²) in [5.41, 5.74) is 3.57. The molecule has 0 saturated carbocycles. The first-order valence-corrected chi connectivity index (χ1v) is 9.93. The van der Waals surface area contributed by atoms with Crippen LogP contribution in [0, 0.1) is 0 Å². The molecular formula is C24H15BrN2O2. The summed E-state index contributed by atoms with van der Waals surface area (Å²) in [4.78, 5) is 17.5. The number of nitrogens with zero attached hydrogens (tertiary/aromatic N) is 1. The number of anilines is 1. The van der Waals surface area contributed by atoms with E-state index in [1.165, 1.54) is 0 Å². The van der Waals surface area contributed by atoms with Gasteiger partial charge in [0.25, 0.3) is 5.91 Å². The largest absolute Gasteiger partial charge is 0.436 e.